The van der Waals surface area contributed by atoms with Gasteiger partial charge in [0, 0.05) is 50.4 Å². The Kier molecular flexibility index (Phi) is 6.31. The van der Waals surface area contributed by atoms with Crippen LogP contribution in [-0.4, -0.2) is 46.5 Å². The molecule has 0 radical (unpaired) electrons. The van der Waals surface area contributed by atoms with Crippen molar-refractivity contribution in [2.45, 2.75) is 45.1 Å². The van der Waals surface area contributed by atoms with E-state index in [0.717, 1.165) is 63.3 Å². The maximum Gasteiger partial charge on any atom is 0.261 e. The summed E-state index contributed by atoms with van der Waals surface area (Å²) in [5.74, 6) is 0.826. The summed E-state index contributed by atoms with van der Waals surface area (Å²) in [7, 11) is 0. The second kappa shape index (κ2) is 9.68. The number of aryl methyl sites for hydroxylation is 1. The third-order valence-corrected chi connectivity index (χ3v) is 6.96. The molecular formula is C27H29N5O2. The van der Waals surface area contributed by atoms with E-state index in [1.54, 1.807) is 18.2 Å². The molecule has 0 unspecified atom stereocenters. The number of rotatable bonds is 2. The Morgan fingerprint density at radius 1 is 0.882 bits per heavy atom. The average molecular weight is 456 g/mol. The van der Waals surface area contributed by atoms with Gasteiger partial charge in [-0.15, -0.1) is 0 Å². The van der Waals surface area contributed by atoms with E-state index in [1.807, 2.05) is 33.7 Å². The van der Waals surface area contributed by atoms with E-state index in [-0.39, 0.29) is 11.5 Å². The van der Waals surface area contributed by atoms with Gasteiger partial charge in [0.15, 0.2) is 0 Å². The molecule has 1 aromatic heterocycles. The van der Waals surface area contributed by atoms with Crippen molar-refractivity contribution >= 4 is 22.5 Å². The van der Waals surface area contributed by atoms with Gasteiger partial charge in [-0.1, -0.05) is 12.8 Å². The summed E-state index contributed by atoms with van der Waals surface area (Å²) in [5, 5.41) is 9.61. The largest absolute Gasteiger partial charge is 0.370 e. The Morgan fingerprint density at radius 3 is 2.53 bits per heavy atom. The number of fused-ring (bicyclic) bond motifs is 2. The molecule has 3 aromatic rings. The van der Waals surface area contributed by atoms with Crippen molar-refractivity contribution in [1.29, 1.82) is 5.26 Å². The summed E-state index contributed by atoms with van der Waals surface area (Å²) < 4.78 is 1.83. The smallest absolute Gasteiger partial charge is 0.261 e. The van der Waals surface area contributed by atoms with E-state index >= 15 is 0 Å². The lowest BCUT2D eigenvalue weighted by Crippen LogP contribution is -2.35. The standard InChI is InChI=1S/C27H29N5O2/c28-19-20-7-10-22(11-8-20)30-13-5-14-31(17-16-30)26(33)21-9-12-23-24(18-21)29-25-6-3-1-2-4-15-32(25)27(23)34/h7-12,18H,1-6,13-17H2. The Morgan fingerprint density at radius 2 is 1.71 bits per heavy atom. The second-order valence-electron chi connectivity index (χ2n) is 9.17. The van der Waals surface area contributed by atoms with Crippen molar-refractivity contribution in [3.05, 3.63) is 69.8 Å². The second-order valence-corrected chi connectivity index (χ2v) is 9.17. The molecule has 1 saturated heterocycles. The van der Waals surface area contributed by atoms with Gasteiger partial charge >= 0.3 is 0 Å². The molecule has 2 aliphatic rings. The third kappa shape index (κ3) is 4.41. The summed E-state index contributed by atoms with van der Waals surface area (Å²) in [6.07, 6.45) is 6.04. The summed E-state index contributed by atoms with van der Waals surface area (Å²) in [6.45, 7) is 3.62. The van der Waals surface area contributed by atoms with Gasteiger partial charge in [-0.05, 0) is 61.7 Å². The first-order valence-corrected chi connectivity index (χ1v) is 12.2. The zero-order chi connectivity index (χ0) is 23.5. The molecule has 2 aliphatic heterocycles. The number of benzene rings is 2. The fourth-order valence-corrected chi connectivity index (χ4v) is 5.04. The SMILES string of the molecule is N#Cc1ccc(N2CCCN(C(=O)c3ccc4c(=O)n5c(nc4c3)CCCCCC5)CC2)cc1. The number of amides is 1. The zero-order valence-electron chi connectivity index (χ0n) is 19.4. The number of carbonyl (C=O) groups is 1. The molecular weight excluding hydrogens is 426 g/mol. The van der Waals surface area contributed by atoms with Crippen molar-refractivity contribution in [2.75, 3.05) is 31.1 Å². The predicted molar refractivity (Wildman–Crippen MR) is 132 cm³/mol. The molecule has 0 spiro atoms. The van der Waals surface area contributed by atoms with E-state index in [9.17, 15) is 9.59 Å². The van der Waals surface area contributed by atoms with Crippen LogP contribution in [0.3, 0.4) is 0 Å². The van der Waals surface area contributed by atoms with Crippen molar-refractivity contribution in [3.8, 4) is 6.07 Å². The van der Waals surface area contributed by atoms with Crippen LogP contribution in [0.15, 0.2) is 47.3 Å². The van der Waals surface area contributed by atoms with E-state index in [1.165, 1.54) is 6.42 Å². The zero-order valence-corrected chi connectivity index (χ0v) is 19.4. The lowest BCUT2D eigenvalue weighted by Gasteiger charge is -2.24. The quantitative estimate of drug-likeness (QED) is 0.588. The Hall–Kier alpha value is -3.66. The highest BCUT2D eigenvalue weighted by Gasteiger charge is 2.22. The van der Waals surface area contributed by atoms with Gasteiger partial charge in [0.05, 0.1) is 22.5 Å². The van der Waals surface area contributed by atoms with Crippen molar-refractivity contribution in [1.82, 2.24) is 14.5 Å². The normalized spacial score (nSPS) is 16.8. The molecule has 0 bridgehead atoms. The maximum atomic E-state index is 13.4. The van der Waals surface area contributed by atoms with Gasteiger partial charge in [0.1, 0.15) is 5.82 Å². The lowest BCUT2D eigenvalue weighted by atomic mass is 10.1. The molecule has 7 heteroatoms. The van der Waals surface area contributed by atoms with E-state index in [2.05, 4.69) is 11.0 Å². The van der Waals surface area contributed by atoms with Gasteiger partial charge in [-0.2, -0.15) is 5.26 Å². The number of anilines is 1. The number of carbonyl (C=O) groups excluding carboxylic acids is 1. The fraction of sp³-hybridized carbons (Fsp3) is 0.407. The Bertz CT molecular complexity index is 1310. The fourth-order valence-electron chi connectivity index (χ4n) is 5.04. The average Bonchev–Trinajstić information content (AvgIpc) is 3.11. The molecule has 0 saturated carbocycles. The number of hydrogen-bond acceptors (Lipinski definition) is 5. The minimum Gasteiger partial charge on any atom is -0.370 e. The number of nitrogens with zero attached hydrogens (tertiary/aromatic N) is 5. The van der Waals surface area contributed by atoms with Crippen LogP contribution in [-0.2, 0) is 13.0 Å². The van der Waals surface area contributed by atoms with Crippen molar-refractivity contribution in [3.63, 3.8) is 0 Å². The van der Waals surface area contributed by atoms with Crippen molar-refractivity contribution in [2.24, 2.45) is 0 Å². The highest BCUT2D eigenvalue weighted by atomic mass is 16.2. The van der Waals surface area contributed by atoms with E-state index < -0.39 is 0 Å². The molecule has 2 aromatic carbocycles. The molecule has 1 amide bonds. The van der Waals surface area contributed by atoms with Crippen LogP contribution in [0.25, 0.3) is 10.9 Å². The van der Waals surface area contributed by atoms with Crippen LogP contribution in [0.5, 0.6) is 0 Å². The number of aromatic nitrogens is 2. The molecule has 5 rings (SSSR count). The lowest BCUT2D eigenvalue weighted by molar-refractivity contribution is 0.0767. The first kappa shape index (κ1) is 22.1. The molecule has 0 atom stereocenters. The third-order valence-electron chi connectivity index (χ3n) is 6.96. The van der Waals surface area contributed by atoms with Crippen LogP contribution in [0.2, 0.25) is 0 Å². The van der Waals surface area contributed by atoms with Gasteiger partial charge in [-0.25, -0.2) is 4.98 Å². The van der Waals surface area contributed by atoms with E-state index in [4.69, 9.17) is 10.2 Å². The summed E-state index contributed by atoms with van der Waals surface area (Å²) in [4.78, 5) is 35.4. The first-order chi connectivity index (χ1) is 16.6. The molecule has 3 heterocycles. The van der Waals surface area contributed by atoms with E-state index in [0.29, 0.717) is 35.1 Å². The first-order valence-electron chi connectivity index (χ1n) is 12.2. The van der Waals surface area contributed by atoms with Crippen LogP contribution in [0.1, 0.15) is 53.8 Å². The molecule has 0 aliphatic carbocycles. The van der Waals surface area contributed by atoms with Crippen LogP contribution in [0.4, 0.5) is 5.69 Å². The maximum absolute atomic E-state index is 13.4. The topological polar surface area (TPSA) is 82.2 Å². The highest BCUT2D eigenvalue weighted by Crippen LogP contribution is 2.20. The Balaban J connectivity index is 1.36. The van der Waals surface area contributed by atoms with Crippen LogP contribution < -0.4 is 10.5 Å². The van der Waals surface area contributed by atoms with Gasteiger partial charge < -0.3 is 9.80 Å². The molecule has 174 valence electrons. The minimum absolute atomic E-state index is 0.00808. The minimum atomic E-state index is -0.0165. The van der Waals surface area contributed by atoms with Crippen LogP contribution in [0, 0.1) is 11.3 Å². The predicted octanol–water partition coefficient (Wildman–Crippen LogP) is 3.74. The van der Waals surface area contributed by atoms with Gasteiger partial charge in [-0.3, -0.25) is 14.2 Å². The molecule has 7 nitrogen and oxygen atoms in total. The Labute approximate surface area is 199 Å². The number of nitriles is 1. The van der Waals surface area contributed by atoms with Gasteiger partial charge in [0.2, 0.25) is 0 Å². The van der Waals surface area contributed by atoms with Gasteiger partial charge in [0.25, 0.3) is 11.5 Å². The molecule has 0 N–H and O–H groups in total. The van der Waals surface area contributed by atoms with Crippen LogP contribution >= 0.6 is 0 Å². The summed E-state index contributed by atoms with van der Waals surface area (Å²) in [5.41, 5.74) is 2.93. The monoisotopic (exact) mass is 455 g/mol. The molecule has 34 heavy (non-hydrogen) atoms. The number of hydrogen-bond donors (Lipinski definition) is 0. The van der Waals surface area contributed by atoms with Crippen molar-refractivity contribution < 1.29 is 4.79 Å². The summed E-state index contributed by atoms with van der Waals surface area (Å²) in [6, 6.07) is 15.1. The summed E-state index contributed by atoms with van der Waals surface area (Å²) >= 11 is 0. The highest BCUT2D eigenvalue weighted by molar-refractivity contribution is 5.97. The molecule has 1 fully saturated rings.